The molecule has 0 saturated heterocycles. The van der Waals surface area contributed by atoms with Crippen molar-refractivity contribution in [2.75, 3.05) is 13.6 Å². The van der Waals surface area contributed by atoms with Gasteiger partial charge >= 0.3 is 0 Å². The second-order valence-electron chi connectivity index (χ2n) is 7.34. The van der Waals surface area contributed by atoms with Crippen LogP contribution in [0.3, 0.4) is 0 Å². The first kappa shape index (κ1) is 17.9. The van der Waals surface area contributed by atoms with Gasteiger partial charge in [0.05, 0.1) is 29.3 Å². The molecular weight excluding hydrogens is 316 g/mol. The van der Waals surface area contributed by atoms with E-state index < -0.39 is 0 Å². The Morgan fingerprint density at radius 3 is 2.88 bits per heavy atom. The number of carbonyl (C=O) groups excluding carboxylic acids is 1. The fourth-order valence-corrected chi connectivity index (χ4v) is 3.69. The number of rotatable bonds is 5. The zero-order valence-electron chi connectivity index (χ0n) is 15.6. The van der Waals surface area contributed by atoms with E-state index in [-0.39, 0.29) is 24.0 Å². The summed E-state index contributed by atoms with van der Waals surface area (Å²) in [6.45, 7) is 6.71. The zero-order chi connectivity index (χ0) is 18.1. The van der Waals surface area contributed by atoms with Gasteiger partial charge in [-0.15, -0.1) is 0 Å². The minimum Gasteiger partial charge on any atom is -0.393 e. The first-order valence-corrected chi connectivity index (χ1v) is 9.20. The Kier molecular flexibility index (Phi) is 5.08. The van der Waals surface area contributed by atoms with Gasteiger partial charge in [0.15, 0.2) is 5.65 Å². The number of nitrogens with zero attached hydrogens (tertiary/aromatic N) is 4. The molecule has 0 radical (unpaired) electrons. The van der Waals surface area contributed by atoms with Crippen LogP contribution in [0.5, 0.6) is 0 Å². The zero-order valence-corrected chi connectivity index (χ0v) is 15.6. The predicted molar refractivity (Wildman–Crippen MR) is 97.6 cm³/mol. The van der Waals surface area contributed by atoms with Gasteiger partial charge in [-0.1, -0.05) is 13.3 Å². The second kappa shape index (κ2) is 7.12. The summed E-state index contributed by atoms with van der Waals surface area (Å²) in [5.41, 5.74) is 2.23. The number of fused-ring (bicyclic) bond motifs is 1. The third-order valence-electron chi connectivity index (χ3n) is 5.41. The van der Waals surface area contributed by atoms with E-state index in [0.717, 1.165) is 42.4 Å². The smallest absolute Gasteiger partial charge is 0.254 e. The molecule has 3 unspecified atom stereocenters. The van der Waals surface area contributed by atoms with Crippen LogP contribution in [0.25, 0.3) is 11.0 Å². The summed E-state index contributed by atoms with van der Waals surface area (Å²) in [6, 6.07) is 2.08. The van der Waals surface area contributed by atoms with Crippen molar-refractivity contribution in [2.24, 2.45) is 5.92 Å². The molecule has 3 atom stereocenters. The number of aliphatic hydroxyl groups excluding tert-OH is 1. The monoisotopic (exact) mass is 344 g/mol. The van der Waals surface area contributed by atoms with Gasteiger partial charge in [0.2, 0.25) is 0 Å². The second-order valence-corrected chi connectivity index (χ2v) is 7.34. The lowest BCUT2D eigenvalue weighted by molar-refractivity contribution is 0.0695. The van der Waals surface area contributed by atoms with E-state index >= 15 is 0 Å². The average Bonchev–Trinajstić information content (AvgIpc) is 3.19. The van der Waals surface area contributed by atoms with Crippen molar-refractivity contribution in [1.82, 2.24) is 19.7 Å². The van der Waals surface area contributed by atoms with Crippen LogP contribution < -0.4 is 0 Å². The average molecular weight is 344 g/mol. The molecule has 136 valence electrons. The van der Waals surface area contributed by atoms with Crippen molar-refractivity contribution in [2.45, 2.75) is 58.6 Å². The number of pyridine rings is 1. The third-order valence-corrected chi connectivity index (χ3v) is 5.41. The van der Waals surface area contributed by atoms with E-state index in [9.17, 15) is 9.90 Å². The van der Waals surface area contributed by atoms with Gasteiger partial charge in [-0.3, -0.25) is 4.79 Å². The Bertz CT molecular complexity index is 770. The largest absolute Gasteiger partial charge is 0.393 e. The normalized spacial score (nSPS) is 21.6. The summed E-state index contributed by atoms with van der Waals surface area (Å²) < 4.78 is 1.90. The van der Waals surface area contributed by atoms with Gasteiger partial charge < -0.3 is 10.0 Å². The maximum atomic E-state index is 13.0. The molecule has 6 nitrogen and oxygen atoms in total. The molecule has 2 aromatic heterocycles. The van der Waals surface area contributed by atoms with Crippen LogP contribution in [0.2, 0.25) is 0 Å². The Hall–Kier alpha value is -1.95. The number of amides is 1. The highest BCUT2D eigenvalue weighted by atomic mass is 16.3. The van der Waals surface area contributed by atoms with Gasteiger partial charge in [0.25, 0.3) is 5.91 Å². The number of hydrogen-bond acceptors (Lipinski definition) is 4. The highest BCUT2D eigenvalue weighted by Crippen LogP contribution is 2.27. The molecular formula is C19H28N4O2. The van der Waals surface area contributed by atoms with Crippen molar-refractivity contribution in [3.63, 3.8) is 0 Å². The maximum absolute atomic E-state index is 13.0. The fourth-order valence-electron chi connectivity index (χ4n) is 3.69. The Balaban J connectivity index is 1.91. The standard InChI is InChI=1S/C19H28N4O2/c1-5-13(3)23-18-16(10-20-23)15(9-12(2)21-18)19(25)22(4)11-14-7-6-8-17(14)24/h9-10,13-14,17,24H,5-8,11H2,1-4H3. The van der Waals surface area contributed by atoms with Crippen molar-refractivity contribution in [3.05, 3.63) is 23.5 Å². The van der Waals surface area contributed by atoms with Crippen LogP contribution >= 0.6 is 0 Å². The topological polar surface area (TPSA) is 71.2 Å². The van der Waals surface area contributed by atoms with Gasteiger partial charge in [-0.05, 0) is 39.2 Å². The highest BCUT2D eigenvalue weighted by Gasteiger charge is 2.28. The molecule has 1 aliphatic carbocycles. The maximum Gasteiger partial charge on any atom is 0.254 e. The Morgan fingerprint density at radius 1 is 1.48 bits per heavy atom. The van der Waals surface area contributed by atoms with Crippen molar-refractivity contribution in [3.8, 4) is 0 Å². The predicted octanol–water partition coefficient (Wildman–Crippen LogP) is 2.94. The quantitative estimate of drug-likeness (QED) is 0.905. The van der Waals surface area contributed by atoms with E-state index in [4.69, 9.17) is 0 Å². The number of aryl methyl sites for hydroxylation is 1. The van der Waals surface area contributed by atoms with Crippen LogP contribution in [0.1, 0.15) is 61.6 Å². The molecule has 1 amide bonds. The molecule has 3 rings (SSSR count). The lowest BCUT2D eigenvalue weighted by atomic mass is 10.0. The fraction of sp³-hybridized carbons (Fsp3) is 0.632. The molecule has 25 heavy (non-hydrogen) atoms. The van der Waals surface area contributed by atoms with Gasteiger partial charge in [-0.25, -0.2) is 9.67 Å². The third kappa shape index (κ3) is 3.40. The van der Waals surface area contributed by atoms with Crippen LogP contribution in [0.15, 0.2) is 12.3 Å². The molecule has 2 aromatic rings. The molecule has 2 heterocycles. The molecule has 1 saturated carbocycles. The van der Waals surface area contributed by atoms with Crippen LogP contribution in [0.4, 0.5) is 0 Å². The van der Waals surface area contributed by atoms with E-state index in [0.29, 0.717) is 12.1 Å². The summed E-state index contributed by atoms with van der Waals surface area (Å²) in [4.78, 5) is 19.4. The summed E-state index contributed by atoms with van der Waals surface area (Å²) in [7, 11) is 1.81. The van der Waals surface area contributed by atoms with Crippen molar-refractivity contribution < 1.29 is 9.90 Å². The molecule has 0 bridgehead atoms. The number of aliphatic hydroxyl groups is 1. The SMILES string of the molecule is CCC(C)n1ncc2c(C(=O)N(C)CC3CCCC3O)cc(C)nc21. The van der Waals surface area contributed by atoms with E-state index in [2.05, 4.69) is 23.9 Å². The number of hydrogen-bond donors (Lipinski definition) is 1. The molecule has 0 aromatic carbocycles. The molecule has 6 heteroatoms. The van der Waals surface area contributed by atoms with Crippen LogP contribution in [0, 0.1) is 12.8 Å². The van der Waals surface area contributed by atoms with Crippen LogP contribution in [-0.4, -0.2) is 50.4 Å². The summed E-state index contributed by atoms with van der Waals surface area (Å²) >= 11 is 0. The van der Waals surface area contributed by atoms with Crippen molar-refractivity contribution >= 4 is 16.9 Å². The first-order chi connectivity index (χ1) is 11.9. The van der Waals surface area contributed by atoms with Gasteiger partial charge in [0, 0.05) is 25.2 Å². The molecule has 1 N–H and O–H groups in total. The number of carbonyl (C=O) groups is 1. The molecule has 0 spiro atoms. The van der Waals surface area contributed by atoms with Gasteiger partial charge in [0.1, 0.15) is 0 Å². The van der Waals surface area contributed by atoms with E-state index in [1.165, 1.54) is 0 Å². The van der Waals surface area contributed by atoms with E-state index in [1.54, 1.807) is 11.1 Å². The van der Waals surface area contributed by atoms with Gasteiger partial charge in [-0.2, -0.15) is 5.10 Å². The van der Waals surface area contributed by atoms with Crippen LogP contribution in [-0.2, 0) is 0 Å². The summed E-state index contributed by atoms with van der Waals surface area (Å²) in [5.74, 6) is 0.147. The van der Waals surface area contributed by atoms with E-state index in [1.807, 2.05) is 24.7 Å². The minimum atomic E-state index is -0.289. The lowest BCUT2D eigenvalue weighted by Crippen LogP contribution is -2.34. The summed E-state index contributed by atoms with van der Waals surface area (Å²) in [6.07, 6.45) is 5.27. The Labute approximate surface area is 148 Å². The van der Waals surface area contributed by atoms with Crippen molar-refractivity contribution in [1.29, 1.82) is 0 Å². The summed E-state index contributed by atoms with van der Waals surface area (Å²) in [5, 5.41) is 15.3. The molecule has 1 aliphatic rings. The minimum absolute atomic E-state index is 0.0294. The Morgan fingerprint density at radius 2 is 2.24 bits per heavy atom. The molecule has 1 fully saturated rings. The number of aromatic nitrogens is 3. The first-order valence-electron chi connectivity index (χ1n) is 9.20. The lowest BCUT2D eigenvalue weighted by Gasteiger charge is -2.23. The highest BCUT2D eigenvalue weighted by molar-refractivity contribution is 6.05. The molecule has 0 aliphatic heterocycles.